The van der Waals surface area contributed by atoms with Crippen molar-refractivity contribution in [3.63, 3.8) is 0 Å². The summed E-state index contributed by atoms with van der Waals surface area (Å²) in [6.45, 7) is 0. The number of aromatic nitrogens is 4. The van der Waals surface area contributed by atoms with Gasteiger partial charge in [-0.2, -0.15) is 4.98 Å². The first-order chi connectivity index (χ1) is 10.3. The molecule has 0 fully saturated rings. The fraction of sp³-hybridized carbons (Fsp3) is 0. The van der Waals surface area contributed by atoms with Gasteiger partial charge in [-0.15, -0.1) is 11.3 Å². The molecule has 21 heavy (non-hydrogen) atoms. The third-order valence-electron chi connectivity index (χ3n) is 3.12. The molecule has 0 radical (unpaired) electrons. The van der Waals surface area contributed by atoms with Gasteiger partial charge in [0.15, 0.2) is 5.01 Å². The van der Waals surface area contributed by atoms with E-state index in [1.807, 2.05) is 24.3 Å². The molecule has 0 aliphatic carbocycles. The number of ketones is 1. The van der Waals surface area contributed by atoms with Gasteiger partial charge in [0.2, 0.25) is 18.0 Å². The van der Waals surface area contributed by atoms with Gasteiger partial charge in [-0.3, -0.25) is 4.79 Å². The number of nitrogens with one attached hydrogen (secondary N) is 1. The van der Waals surface area contributed by atoms with Crippen LogP contribution in [0.25, 0.3) is 22.4 Å². The Morgan fingerprint density at radius 1 is 1.29 bits per heavy atom. The number of hydrogen-bond acceptors (Lipinski definition) is 6. The molecule has 0 spiro atoms. The number of benzene rings is 1. The van der Waals surface area contributed by atoms with Gasteiger partial charge >= 0.3 is 0 Å². The fourth-order valence-corrected chi connectivity index (χ4v) is 2.89. The first kappa shape index (κ1) is 12.0. The number of hydrogen-bond donors (Lipinski definition) is 1. The Morgan fingerprint density at radius 3 is 3.05 bits per heavy atom. The molecule has 102 valence electrons. The van der Waals surface area contributed by atoms with Gasteiger partial charge in [-0.25, -0.2) is 4.98 Å². The third kappa shape index (κ3) is 1.95. The molecular formula is C14H8N4O2S. The van der Waals surface area contributed by atoms with Gasteiger partial charge in [0.05, 0.1) is 5.56 Å². The summed E-state index contributed by atoms with van der Waals surface area (Å²) in [5.41, 5.74) is 2.08. The van der Waals surface area contributed by atoms with Crippen molar-refractivity contribution < 1.29 is 9.32 Å². The zero-order valence-electron chi connectivity index (χ0n) is 10.6. The van der Waals surface area contributed by atoms with Gasteiger partial charge in [0.1, 0.15) is 5.69 Å². The van der Waals surface area contributed by atoms with E-state index in [2.05, 4.69) is 24.6 Å². The predicted octanol–water partition coefficient (Wildman–Crippen LogP) is 2.91. The number of aromatic amines is 1. The van der Waals surface area contributed by atoms with Crippen molar-refractivity contribution in [2.24, 2.45) is 0 Å². The van der Waals surface area contributed by atoms with E-state index in [1.165, 1.54) is 17.7 Å². The number of H-pyrrole nitrogens is 1. The quantitative estimate of drug-likeness (QED) is 0.587. The standard InChI is InChI=1S/C14H8N4O2S/c19-12(9-5-15-10-4-2-1-3-8(9)10)14-17-11(6-21-14)13-16-7-20-18-13/h1-7,15H. The maximum Gasteiger partial charge on any atom is 0.223 e. The highest BCUT2D eigenvalue weighted by Crippen LogP contribution is 2.24. The summed E-state index contributed by atoms with van der Waals surface area (Å²) in [5, 5.41) is 6.75. The first-order valence-electron chi connectivity index (χ1n) is 6.16. The van der Waals surface area contributed by atoms with Crippen LogP contribution < -0.4 is 0 Å². The average molecular weight is 296 g/mol. The highest BCUT2D eigenvalue weighted by Gasteiger charge is 2.18. The summed E-state index contributed by atoms with van der Waals surface area (Å²) in [6.07, 6.45) is 2.94. The lowest BCUT2D eigenvalue weighted by molar-refractivity contribution is 0.104. The van der Waals surface area contributed by atoms with Crippen LogP contribution in [0, 0.1) is 0 Å². The molecule has 3 aromatic heterocycles. The Balaban J connectivity index is 1.75. The van der Waals surface area contributed by atoms with Gasteiger partial charge in [-0.05, 0) is 6.07 Å². The van der Waals surface area contributed by atoms with Crippen molar-refractivity contribution in [1.29, 1.82) is 0 Å². The number of nitrogens with zero attached hydrogens (tertiary/aromatic N) is 3. The molecule has 1 N–H and O–H groups in total. The Labute approximate surface area is 122 Å². The normalized spacial score (nSPS) is 11.0. The second-order valence-electron chi connectivity index (χ2n) is 4.37. The molecule has 0 aliphatic rings. The van der Waals surface area contributed by atoms with Crippen LogP contribution in [0.1, 0.15) is 15.4 Å². The van der Waals surface area contributed by atoms with E-state index in [1.54, 1.807) is 11.6 Å². The van der Waals surface area contributed by atoms with Gasteiger partial charge in [0.25, 0.3) is 0 Å². The molecule has 0 bridgehead atoms. The summed E-state index contributed by atoms with van der Waals surface area (Å²) in [7, 11) is 0. The monoisotopic (exact) mass is 296 g/mol. The molecule has 3 heterocycles. The van der Waals surface area contributed by atoms with Gasteiger partial charge in [-0.1, -0.05) is 23.4 Å². The highest BCUT2D eigenvalue weighted by molar-refractivity contribution is 7.12. The van der Waals surface area contributed by atoms with Gasteiger partial charge in [0, 0.05) is 22.5 Å². The zero-order chi connectivity index (χ0) is 14.2. The fourth-order valence-electron chi connectivity index (χ4n) is 2.14. The van der Waals surface area contributed by atoms with Crippen LogP contribution in [0.2, 0.25) is 0 Å². The van der Waals surface area contributed by atoms with Crippen molar-refractivity contribution in [2.45, 2.75) is 0 Å². The van der Waals surface area contributed by atoms with Crippen molar-refractivity contribution in [2.75, 3.05) is 0 Å². The SMILES string of the molecule is O=C(c1nc(-c2ncon2)cs1)c1c[nH]c2ccccc12. The minimum absolute atomic E-state index is 0.118. The van der Waals surface area contributed by atoms with Crippen molar-refractivity contribution in [3.8, 4) is 11.5 Å². The van der Waals surface area contributed by atoms with Crippen LogP contribution >= 0.6 is 11.3 Å². The highest BCUT2D eigenvalue weighted by atomic mass is 32.1. The van der Waals surface area contributed by atoms with E-state index in [-0.39, 0.29) is 5.78 Å². The maximum absolute atomic E-state index is 12.6. The summed E-state index contributed by atoms with van der Waals surface area (Å²) in [4.78, 5) is 23.9. The molecule has 0 saturated carbocycles. The third-order valence-corrected chi connectivity index (χ3v) is 3.96. The lowest BCUT2D eigenvalue weighted by Gasteiger charge is -1.94. The van der Waals surface area contributed by atoms with Crippen molar-refractivity contribution in [1.82, 2.24) is 20.1 Å². The van der Waals surface area contributed by atoms with Crippen molar-refractivity contribution in [3.05, 3.63) is 52.8 Å². The largest absolute Gasteiger partial charge is 0.360 e. The lowest BCUT2D eigenvalue weighted by atomic mass is 10.1. The molecule has 4 aromatic rings. The maximum atomic E-state index is 12.6. The topological polar surface area (TPSA) is 84.7 Å². The molecule has 7 heteroatoms. The Bertz CT molecular complexity index is 923. The summed E-state index contributed by atoms with van der Waals surface area (Å²) in [6, 6.07) is 7.66. The van der Waals surface area contributed by atoms with E-state index in [4.69, 9.17) is 0 Å². The molecule has 0 unspecified atom stereocenters. The van der Waals surface area contributed by atoms with E-state index in [0.717, 1.165) is 10.9 Å². The Morgan fingerprint density at radius 2 is 2.19 bits per heavy atom. The van der Waals surface area contributed by atoms with E-state index in [9.17, 15) is 4.79 Å². The summed E-state index contributed by atoms with van der Waals surface area (Å²) >= 11 is 1.27. The smallest absolute Gasteiger partial charge is 0.223 e. The second kappa shape index (κ2) is 4.64. The number of carbonyl (C=O) groups is 1. The minimum atomic E-state index is -0.118. The second-order valence-corrected chi connectivity index (χ2v) is 5.23. The number of thiazole rings is 1. The molecule has 1 aromatic carbocycles. The summed E-state index contributed by atoms with van der Waals surface area (Å²) < 4.78 is 4.68. The molecule has 4 rings (SSSR count). The van der Waals surface area contributed by atoms with Crippen LogP contribution in [0.5, 0.6) is 0 Å². The number of rotatable bonds is 3. The summed E-state index contributed by atoms with van der Waals surface area (Å²) in [5.74, 6) is 0.261. The lowest BCUT2D eigenvalue weighted by Crippen LogP contribution is -1.99. The minimum Gasteiger partial charge on any atom is -0.360 e. The zero-order valence-corrected chi connectivity index (χ0v) is 11.4. The number of carbonyl (C=O) groups excluding carboxylic acids is 1. The number of fused-ring (bicyclic) bond motifs is 1. The Kier molecular flexibility index (Phi) is 2.65. The molecule has 0 atom stereocenters. The van der Waals surface area contributed by atoms with Crippen LogP contribution in [-0.4, -0.2) is 25.9 Å². The predicted molar refractivity (Wildman–Crippen MR) is 77.1 cm³/mol. The van der Waals surface area contributed by atoms with Crippen LogP contribution in [0.15, 0.2) is 46.8 Å². The molecule has 0 saturated heterocycles. The van der Waals surface area contributed by atoms with E-state index in [0.29, 0.717) is 22.1 Å². The molecule has 0 amide bonds. The first-order valence-corrected chi connectivity index (χ1v) is 7.04. The van der Waals surface area contributed by atoms with Crippen LogP contribution in [0.4, 0.5) is 0 Å². The van der Waals surface area contributed by atoms with E-state index < -0.39 is 0 Å². The van der Waals surface area contributed by atoms with Crippen LogP contribution in [-0.2, 0) is 0 Å². The van der Waals surface area contributed by atoms with Crippen LogP contribution in [0.3, 0.4) is 0 Å². The number of para-hydroxylation sites is 1. The molecular weight excluding hydrogens is 288 g/mol. The molecule has 6 nitrogen and oxygen atoms in total. The molecule has 0 aliphatic heterocycles. The van der Waals surface area contributed by atoms with E-state index >= 15 is 0 Å². The van der Waals surface area contributed by atoms with Crippen molar-refractivity contribution >= 4 is 28.0 Å². The Hall–Kier alpha value is -2.80. The average Bonchev–Trinajstić information content (AvgIpc) is 3.25. The van der Waals surface area contributed by atoms with Gasteiger partial charge < -0.3 is 9.51 Å².